The van der Waals surface area contributed by atoms with Gasteiger partial charge in [-0.05, 0) is 19.3 Å². The number of piperidine rings is 1. The summed E-state index contributed by atoms with van der Waals surface area (Å²) in [6.45, 7) is 3.39. The minimum absolute atomic E-state index is 0.0886. The molecule has 1 N–H and O–H groups in total. The van der Waals surface area contributed by atoms with E-state index in [9.17, 15) is 18.0 Å². The minimum Gasteiger partial charge on any atom is -0.354 e. The second-order valence-electron chi connectivity index (χ2n) is 5.99. The molecule has 2 rings (SSSR count). The lowest BCUT2D eigenvalue weighted by Gasteiger charge is -2.29. The number of rotatable bonds is 6. The fourth-order valence-corrected chi connectivity index (χ4v) is 3.59. The Hall–Kier alpha value is -1.74. The molecule has 1 amide bonds. The van der Waals surface area contributed by atoms with Gasteiger partial charge >= 0.3 is 0 Å². The number of amides is 1. The SMILES string of the molecule is CCc1cc(=O)n(CCNC(=O)C2CCN(S(C)(=O)=O)CC2)cn1. The van der Waals surface area contributed by atoms with E-state index >= 15 is 0 Å². The Labute approximate surface area is 141 Å². The van der Waals surface area contributed by atoms with Crippen molar-refractivity contribution in [2.75, 3.05) is 25.9 Å². The van der Waals surface area contributed by atoms with Crippen LogP contribution in [0.5, 0.6) is 0 Å². The van der Waals surface area contributed by atoms with Crippen LogP contribution in [0.15, 0.2) is 17.2 Å². The smallest absolute Gasteiger partial charge is 0.253 e. The minimum atomic E-state index is -3.18. The molecule has 8 nitrogen and oxygen atoms in total. The number of aromatic nitrogens is 2. The van der Waals surface area contributed by atoms with Crippen LogP contribution in [0.3, 0.4) is 0 Å². The van der Waals surface area contributed by atoms with Crippen LogP contribution in [-0.2, 0) is 27.8 Å². The van der Waals surface area contributed by atoms with Crippen LogP contribution in [0.1, 0.15) is 25.5 Å². The molecule has 1 aliphatic rings. The Bertz CT molecular complexity index is 736. The van der Waals surface area contributed by atoms with Crippen LogP contribution >= 0.6 is 0 Å². The summed E-state index contributed by atoms with van der Waals surface area (Å²) in [7, 11) is -3.18. The third kappa shape index (κ3) is 4.88. The Kier molecular flexibility index (Phi) is 6.11. The van der Waals surface area contributed by atoms with E-state index in [1.807, 2.05) is 6.92 Å². The number of nitrogens with zero attached hydrogens (tertiary/aromatic N) is 3. The van der Waals surface area contributed by atoms with Crippen molar-refractivity contribution in [2.45, 2.75) is 32.7 Å². The summed E-state index contributed by atoms with van der Waals surface area (Å²) in [6, 6.07) is 1.50. The molecule has 0 saturated carbocycles. The molecule has 134 valence electrons. The zero-order chi connectivity index (χ0) is 17.7. The van der Waals surface area contributed by atoms with Crippen molar-refractivity contribution in [1.29, 1.82) is 0 Å². The zero-order valence-corrected chi connectivity index (χ0v) is 14.9. The molecule has 0 spiro atoms. The van der Waals surface area contributed by atoms with E-state index in [1.165, 1.54) is 27.5 Å². The maximum Gasteiger partial charge on any atom is 0.253 e. The van der Waals surface area contributed by atoms with Gasteiger partial charge < -0.3 is 5.32 Å². The average molecular weight is 356 g/mol. The van der Waals surface area contributed by atoms with Crippen LogP contribution in [0.4, 0.5) is 0 Å². The summed E-state index contributed by atoms with van der Waals surface area (Å²) in [6.07, 6.45) is 4.43. The van der Waals surface area contributed by atoms with E-state index in [2.05, 4.69) is 10.3 Å². The summed E-state index contributed by atoms with van der Waals surface area (Å²) in [5.74, 6) is -0.269. The molecule has 1 aromatic rings. The molecule has 0 bridgehead atoms. The number of sulfonamides is 1. The van der Waals surface area contributed by atoms with Crippen LogP contribution < -0.4 is 10.9 Å². The zero-order valence-electron chi connectivity index (χ0n) is 14.1. The molecule has 1 fully saturated rings. The van der Waals surface area contributed by atoms with E-state index in [0.29, 0.717) is 45.4 Å². The van der Waals surface area contributed by atoms with Gasteiger partial charge in [-0.1, -0.05) is 6.92 Å². The van der Waals surface area contributed by atoms with Crippen molar-refractivity contribution in [3.05, 3.63) is 28.4 Å². The lowest BCUT2D eigenvalue weighted by atomic mass is 9.97. The van der Waals surface area contributed by atoms with Gasteiger partial charge in [-0.25, -0.2) is 17.7 Å². The van der Waals surface area contributed by atoms with E-state index in [4.69, 9.17) is 0 Å². The van der Waals surface area contributed by atoms with Crippen molar-refractivity contribution in [3.8, 4) is 0 Å². The standard InChI is InChI=1S/C15H24N4O4S/c1-3-13-10-14(20)18(11-17-13)9-6-16-15(21)12-4-7-19(8-5-12)24(2,22)23/h10-12H,3-9H2,1-2H3,(H,16,21). The first-order valence-corrected chi connectivity index (χ1v) is 9.94. The maximum atomic E-state index is 12.1. The van der Waals surface area contributed by atoms with E-state index < -0.39 is 10.0 Å². The molecule has 1 saturated heterocycles. The molecule has 0 aromatic carbocycles. The quantitative estimate of drug-likeness (QED) is 0.747. The highest BCUT2D eigenvalue weighted by Gasteiger charge is 2.28. The predicted octanol–water partition coefficient (Wildman–Crippen LogP) is -0.406. The van der Waals surface area contributed by atoms with Crippen LogP contribution in [-0.4, -0.2) is 54.1 Å². The molecule has 0 aliphatic carbocycles. The summed E-state index contributed by atoms with van der Waals surface area (Å²) in [5, 5.41) is 2.82. The molecule has 0 radical (unpaired) electrons. The maximum absolute atomic E-state index is 12.1. The van der Waals surface area contributed by atoms with Gasteiger partial charge in [0.05, 0.1) is 12.6 Å². The molecule has 1 aliphatic heterocycles. The first kappa shape index (κ1) is 18.6. The Morgan fingerprint density at radius 2 is 2.04 bits per heavy atom. The second-order valence-corrected chi connectivity index (χ2v) is 7.98. The predicted molar refractivity (Wildman–Crippen MR) is 90.0 cm³/mol. The highest BCUT2D eigenvalue weighted by atomic mass is 32.2. The van der Waals surface area contributed by atoms with Crippen molar-refractivity contribution in [2.24, 2.45) is 5.92 Å². The molecule has 9 heteroatoms. The van der Waals surface area contributed by atoms with Crippen molar-refractivity contribution < 1.29 is 13.2 Å². The van der Waals surface area contributed by atoms with Crippen LogP contribution in [0.2, 0.25) is 0 Å². The lowest BCUT2D eigenvalue weighted by molar-refractivity contribution is -0.126. The fraction of sp³-hybridized carbons (Fsp3) is 0.667. The molecule has 0 atom stereocenters. The molecule has 2 heterocycles. The van der Waals surface area contributed by atoms with Crippen LogP contribution in [0.25, 0.3) is 0 Å². The molecular formula is C15H24N4O4S. The Morgan fingerprint density at radius 3 is 2.58 bits per heavy atom. The van der Waals surface area contributed by atoms with E-state index in [0.717, 1.165) is 5.69 Å². The number of nitrogens with one attached hydrogen (secondary N) is 1. The number of hydrogen-bond acceptors (Lipinski definition) is 5. The number of carbonyl (C=O) groups excluding carboxylic acids is 1. The summed E-state index contributed by atoms with van der Waals surface area (Å²) < 4.78 is 25.8. The molecule has 0 unspecified atom stereocenters. The number of carbonyl (C=O) groups is 1. The second kappa shape index (κ2) is 7.89. The fourth-order valence-electron chi connectivity index (χ4n) is 2.72. The van der Waals surface area contributed by atoms with Gasteiger partial charge in [0.1, 0.15) is 0 Å². The van der Waals surface area contributed by atoms with Crippen molar-refractivity contribution >= 4 is 15.9 Å². The van der Waals surface area contributed by atoms with Gasteiger partial charge in [0, 0.05) is 43.9 Å². The first-order chi connectivity index (χ1) is 11.3. The Morgan fingerprint density at radius 1 is 1.38 bits per heavy atom. The summed E-state index contributed by atoms with van der Waals surface area (Å²) in [5.41, 5.74) is 0.621. The highest BCUT2D eigenvalue weighted by Crippen LogP contribution is 2.19. The average Bonchev–Trinajstić information content (AvgIpc) is 2.55. The topological polar surface area (TPSA) is 101 Å². The van der Waals surface area contributed by atoms with Crippen LogP contribution in [0, 0.1) is 5.92 Å². The normalized spacial score (nSPS) is 16.9. The van der Waals surface area contributed by atoms with Gasteiger partial charge in [0.25, 0.3) is 5.56 Å². The van der Waals surface area contributed by atoms with Gasteiger partial charge in [-0.2, -0.15) is 0 Å². The number of aryl methyl sites for hydroxylation is 1. The first-order valence-electron chi connectivity index (χ1n) is 8.09. The molecule has 1 aromatic heterocycles. The van der Waals surface area contributed by atoms with E-state index in [1.54, 1.807) is 0 Å². The number of hydrogen-bond donors (Lipinski definition) is 1. The third-order valence-corrected chi connectivity index (χ3v) is 5.55. The van der Waals surface area contributed by atoms with Crippen molar-refractivity contribution in [1.82, 2.24) is 19.2 Å². The molecule has 24 heavy (non-hydrogen) atoms. The van der Waals surface area contributed by atoms with Gasteiger partial charge in [-0.15, -0.1) is 0 Å². The lowest BCUT2D eigenvalue weighted by Crippen LogP contribution is -2.43. The monoisotopic (exact) mass is 356 g/mol. The van der Waals surface area contributed by atoms with E-state index in [-0.39, 0.29) is 17.4 Å². The third-order valence-electron chi connectivity index (χ3n) is 4.24. The van der Waals surface area contributed by atoms with Gasteiger partial charge in [0.2, 0.25) is 15.9 Å². The summed E-state index contributed by atoms with van der Waals surface area (Å²) >= 11 is 0. The Balaban J connectivity index is 1.79. The largest absolute Gasteiger partial charge is 0.354 e. The molecular weight excluding hydrogens is 332 g/mol. The summed E-state index contributed by atoms with van der Waals surface area (Å²) in [4.78, 5) is 28.2. The highest BCUT2D eigenvalue weighted by molar-refractivity contribution is 7.88. The van der Waals surface area contributed by atoms with Gasteiger partial charge in [0.15, 0.2) is 0 Å². The van der Waals surface area contributed by atoms with Gasteiger partial charge in [-0.3, -0.25) is 14.2 Å². The van der Waals surface area contributed by atoms with Crippen molar-refractivity contribution in [3.63, 3.8) is 0 Å².